The van der Waals surface area contributed by atoms with E-state index in [-0.39, 0.29) is 17.7 Å². The van der Waals surface area contributed by atoms with Crippen LogP contribution in [-0.4, -0.2) is 32.4 Å². The van der Waals surface area contributed by atoms with Gasteiger partial charge in [0.2, 0.25) is 11.2 Å². The SMILES string of the molecule is O=C(CNc1nc(Cl)nc2nc[nH]c12)Nc1ccc(Oc2ccccc2)cc1. The number of carbonyl (C=O) groups excluding carboxylic acids is 1. The summed E-state index contributed by atoms with van der Waals surface area (Å²) in [4.78, 5) is 27.2. The molecule has 0 spiro atoms. The van der Waals surface area contributed by atoms with Gasteiger partial charge in [-0.05, 0) is 48.0 Å². The number of halogens is 1. The zero-order valence-corrected chi connectivity index (χ0v) is 15.3. The molecule has 2 aromatic heterocycles. The van der Waals surface area contributed by atoms with E-state index in [1.54, 1.807) is 24.3 Å². The Morgan fingerprint density at radius 3 is 2.57 bits per heavy atom. The van der Waals surface area contributed by atoms with Gasteiger partial charge in [0.1, 0.15) is 17.0 Å². The Balaban J connectivity index is 1.35. The van der Waals surface area contributed by atoms with Gasteiger partial charge < -0.3 is 20.4 Å². The van der Waals surface area contributed by atoms with Crippen LogP contribution in [0.1, 0.15) is 0 Å². The summed E-state index contributed by atoms with van der Waals surface area (Å²) in [5, 5.41) is 5.79. The minimum absolute atomic E-state index is 0.00370. The first kappa shape index (κ1) is 17.7. The van der Waals surface area contributed by atoms with E-state index in [4.69, 9.17) is 16.3 Å². The van der Waals surface area contributed by atoms with E-state index in [9.17, 15) is 4.79 Å². The first-order valence-electron chi connectivity index (χ1n) is 8.41. The molecule has 4 aromatic rings. The van der Waals surface area contributed by atoms with Gasteiger partial charge in [0.25, 0.3) is 0 Å². The zero-order chi connectivity index (χ0) is 19.3. The van der Waals surface area contributed by atoms with Crippen molar-refractivity contribution in [2.45, 2.75) is 0 Å². The summed E-state index contributed by atoms with van der Waals surface area (Å²) in [6, 6.07) is 16.6. The van der Waals surface area contributed by atoms with E-state index >= 15 is 0 Å². The minimum atomic E-state index is -0.237. The van der Waals surface area contributed by atoms with Crippen molar-refractivity contribution in [3.8, 4) is 11.5 Å². The maximum atomic E-state index is 12.2. The molecule has 0 aliphatic heterocycles. The lowest BCUT2D eigenvalue weighted by atomic mass is 10.3. The number of rotatable bonds is 6. The highest BCUT2D eigenvalue weighted by Crippen LogP contribution is 2.23. The van der Waals surface area contributed by atoms with Gasteiger partial charge in [0, 0.05) is 5.69 Å². The number of hydrogen-bond acceptors (Lipinski definition) is 6. The Morgan fingerprint density at radius 1 is 1.04 bits per heavy atom. The molecule has 0 saturated heterocycles. The predicted octanol–water partition coefficient (Wildman–Crippen LogP) is 3.85. The molecular formula is C19H15ClN6O2. The number of fused-ring (bicyclic) bond motifs is 1. The summed E-state index contributed by atoms with van der Waals surface area (Å²) in [5.41, 5.74) is 1.66. The van der Waals surface area contributed by atoms with Crippen LogP contribution in [0.15, 0.2) is 60.9 Å². The largest absolute Gasteiger partial charge is 0.457 e. The average Bonchev–Trinajstić information content (AvgIpc) is 3.17. The van der Waals surface area contributed by atoms with Crippen LogP contribution in [-0.2, 0) is 4.79 Å². The van der Waals surface area contributed by atoms with Crippen LogP contribution >= 0.6 is 11.6 Å². The van der Waals surface area contributed by atoms with Crippen molar-refractivity contribution in [1.29, 1.82) is 0 Å². The van der Waals surface area contributed by atoms with Crippen molar-refractivity contribution in [2.24, 2.45) is 0 Å². The lowest BCUT2D eigenvalue weighted by Crippen LogP contribution is -2.22. The average molecular weight is 395 g/mol. The summed E-state index contributed by atoms with van der Waals surface area (Å²) < 4.78 is 5.73. The van der Waals surface area contributed by atoms with E-state index in [1.165, 1.54) is 6.33 Å². The highest BCUT2D eigenvalue weighted by atomic mass is 35.5. The molecule has 0 fully saturated rings. The Hall–Kier alpha value is -3.65. The molecule has 0 radical (unpaired) electrons. The van der Waals surface area contributed by atoms with Crippen LogP contribution in [0.5, 0.6) is 11.5 Å². The number of anilines is 2. The highest BCUT2D eigenvalue weighted by Gasteiger charge is 2.10. The van der Waals surface area contributed by atoms with Gasteiger partial charge in [-0.15, -0.1) is 0 Å². The molecule has 2 aromatic carbocycles. The number of nitrogens with zero attached hydrogens (tertiary/aromatic N) is 3. The molecule has 3 N–H and O–H groups in total. The first-order chi connectivity index (χ1) is 13.7. The van der Waals surface area contributed by atoms with Crippen molar-refractivity contribution in [3.05, 3.63) is 66.2 Å². The van der Waals surface area contributed by atoms with Gasteiger partial charge in [0.15, 0.2) is 11.5 Å². The third-order valence-electron chi connectivity index (χ3n) is 3.79. The van der Waals surface area contributed by atoms with E-state index in [0.717, 1.165) is 5.75 Å². The molecule has 0 aliphatic rings. The summed E-state index contributed by atoms with van der Waals surface area (Å²) in [5.74, 6) is 1.60. The van der Waals surface area contributed by atoms with Crippen LogP contribution in [0.2, 0.25) is 5.28 Å². The topological polar surface area (TPSA) is 105 Å². The summed E-state index contributed by atoms with van der Waals surface area (Å²) >= 11 is 5.87. The van der Waals surface area contributed by atoms with E-state index in [0.29, 0.717) is 28.4 Å². The molecule has 8 nitrogen and oxygen atoms in total. The van der Waals surface area contributed by atoms with Crippen molar-refractivity contribution in [2.75, 3.05) is 17.2 Å². The molecule has 0 aliphatic carbocycles. The van der Waals surface area contributed by atoms with Crippen LogP contribution in [0, 0.1) is 0 Å². The third kappa shape index (κ3) is 4.18. The fourth-order valence-electron chi connectivity index (χ4n) is 2.53. The van der Waals surface area contributed by atoms with E-state index in [2.05, 4.69) is 30.6 Å². The third-order valence-corrected chi connectivity index (χ3v) is 3.96. The number of aromatic amines is 1. The summed E-state index contributed by atoms with van der Waals surface area (Å²) in [7, 11) is 0. The molecule has 0 saturated carbocycles. The van der Waals surface area contributed by atoms with Crippen LogP contribution in [0.4, 0.5) is 11.5 Å². The molecule has 28 heavy (non-hydrogen) atoms. The molecule has 140 valence electrons. The monoisotopic (exact) mass is 394 g/mol. The fraction of sp³-hybridized carbons (Fsp3) is 0.0526. The highest BCUT2D eigenvalue weighted by molar-refractivity contribution is 6.28. The summed E-state index contributed by atoms with van der Waals surface area (Å²) in [6.07, 6.45) is 1.49. The van der Waals surface area contributed by atoms with Gasteiger partial charge in [-0.1, -0.05) is 18.2 Å². The molecule has 0 bridgehead atoms. The molecular weight excluding hydrogens is 380 g/mol. The number of hydrogen-bond donors (Lipinski definition) is 3. The second-order valence-corrected chi connectivity index (χ2v) is 6.12. The molecule has 4 rings (SSSR count). The quantitative estimate of drug-likeness (QED) is 0.429. The molecule has 9 heteroatoms. The Bertz CT molecular complexity index is 1100. The molecule has 2 heterocycles. The number of ether oxygens (including phenoxy) is 1. The lowest BCUT2D eigenvalue weighted by molar-refractivity contribution is -0.114. The minimum Gasteiger partial charge on any atom is -0.457 e. The van der Waals surface area contributed by atoms with Crippen molar-refractivity contribution < 1.29 is 9.53 Å². The maximum Gasteiger partial charge on any atom is 0.243 e. The van der Waals surface area contributed by atoms with Gasteiger partial charge in [0.05, 0.1) is 12.9 Å². The number of aromatic nitrogens is 4. The number of para-hydroxylation sites is 1. The Kier molecular flexibility index (Phi) is 5.03. The van der Waals surface area contributed by atoms with Gasteiger partial charge >= 0.3 is 0 Å². The van der Waals surface area contributed by atoms with E-state index in [1.807, 2.05) is 30.3 Å². The Morgan fingerprint density at radius 2 is 1.79 bits per heavy atom. The van der Waals surface area contributed by atoms with E-state index < -0.39 is 0 Å². The lowest BCUT2D eigenvalue weighted by Gasteiger charge is -2.09. The Labute approximate surface area is 165 Å². The number of H-pyrrole nitrogens is 1. The number of imidazole rings is 1. The number of carbonyl (C=O) groups is 1. The van der Waals surface area contributed by atoms with Crippen molar-refractivity contribution in [1.82, 2.24) is 19.9 Å². The molecule has 0 unspecified atom stereocenters. The van der Waals surface area contributed by atoms with Crippen LogP contribution in [0.25, 0.3) is 11.2 Å². The second-order valence-electron chi connectivity index (χ2n) is 5.78. The number of nitrogens with one attached hydrogen (secondary N) is 3. The smallest absolute Gasteiger partial charge is 0.243 e. The standard InChI is InChI=1S/C19H15ClN6O2/c20-19-25-17(16-18(26-19)23-11-22-16)21-10-15(27)24-12-6-8-14(9-7-12)28-13-4-2-1-3-5-13/h1-9,11H,10H2,(H,24,27)(H2,21,22,23,25,26). The second kappa shape index (κ2) is 7.93. The zero-order valence-electron chi connectivity index (χ0n) is 14.5. The number of amides is 1. The van der Waals surface area contributed by atoms with Crippen molar-refractivity contribution >= 4 is 40.2 Å². The summed E-state index contributed by atoms with van der Waals surface area (Å²) in [6.45, 7) is 0.00370. The normalized spacial score (nSPS) is 10.6. The number of benzene rings is 2. The van der Waals surface area contributed by atoms with Crippen LogP contribution in [0.3, 0.4) is 0 Å². The maximum absolute atomic E-state index is 12.2. The van der Waals surface area contributed by atoms with Crippen LogP contribution < -0.4 is 15.4 Å². The predicted molar refractivity (Wildman–Crippen MR) is 107 cm³/mol. The van der Waals surface area contributed by atoms with Gasteiger partial charge in [-0.3, -0.25) is 4.79 Å². The van der Waals surface area contributed by atoms with Crippen molar-refractivity contribution in [3.63, 3.8) is 0 Å². The van der Waals surface area contributed by atoms with Gasteiger partial charge in [-0.2, -0.15) is 9.97 Å². The molecule has 0 atom stereocenters. The van der Waals surface area contributed by atoms with Gasteiger partial charge in [-0.25, -0.2) is 4.98 Å². The first-order valence-corrected chi connectivity index (χ1v) is 8.78. The fourth-order valence-corrected chi connectivity index (χ4v) is 2.70. The molecule has 1 amide bonds.